The Kier molecular flexibility index (Phi) is 6.29. The van der Waals surface area contributed by atoms with E-state index in [1.54, 1.807) is 24.3 Å². The van der Waals surface area contributed by atoms with Crippen LogP contribution in [0, 0.1) is 5.82 Å². The molecule has 1 aromatic heterocycles. The Morgan fingerprint density at radius 3 is 2.65 bits per heavy atom. The van der Waals surface area contributed by atoms with Crippen LogP contribution in [-0.4, -0.2) is 47.9 Å². The van der Waals surface area contributed by atoms with E-state index in [-0.39, 0.29) is 24.2 Å². The molecule has 1 atom stereocenters. The third-order valence-corrected chi connectivity index (χ3v) is 6.47. The quantitative estimate of drug-likeness (QED) is 0.767. The fourth-order valence-electron chi connectivity index (χ4n) is 2.68. The molecule has 1 aromatic carbocycles. The average Bonchev–Trinajstić information content (AvgIpc) is 3.32. The number of carbonyl (C=O) groups excluding carboxylic acids is 2. The first kappa shape index (κ1) is 18.9. The van der Waals surface area contributed by atoms with Gasteiger partial charge in [0.15, 0.2) is 0 Å². The third kappa shape index (κ3) is 4.84. The number of halogens is 1. The molecule has 8 heteroatoms. The van der Waals surface area contributed by atoms with Crippen molar-refractivity contribution in [2.75, 3.05) is 25.1 Å². The van der Waals surface area contributed by atoms with Crippen LogP contribution in [0.25, 0.3) is 10.4 Å². The summed E-state index contributed by atoms with van der Waals surface area (Å²) in [6, 6.07) is 10.0. The maximum absolute atomic E-state index is 13.0. The van der Waals surface area contributed by atoms with Crippen LogP contribution in [0.2, 0.25) is 0 Å². The second-order valence-electron chi connectivity index (χ2n) is 6.11. The first-order valence-electron chi connectivity index (χ1n) is 8.26. The number of nitrogens with zero attached hydrogens (tertiary/aromatic N) is 1. The lowest BCUT2D eigenvalue weighted by Gasteiger charge is -2.22. The molecule has 1 aliphatic heterocycles. The van der Waals surface area contributed by atoms with Gasteiger partial charge in [-0.05, 0) is 49.1 Å². The topological polar surface area (TPSA) is 61.4 Å². The highest BCUT2D eigenvalue weighted by atomic mass is 32.2. The molecule has 0 radical (unpaired) electrons. The predicted molar refractivity (Wildman–Crippen MR) is 104 cm³/mol. The van der Waals surface area contributed by atoms with E-state index in [4.69, 9.17) is 0 Å². The summed E-state index contributed by atoms with van der Waals surface area (Å²) in [6.07, 6.45) is 1.09. The average molecular weight is 394 g/mol. The zero-order valence-corrected chi connectivity index (χ0v) is 16.0. The number of likely N-dealkylation sites (N-methyl/N-ethyl adjacent to an activating group) is 1. The van der Waals surface area contributed by atoms with E-state index in [0.29, 0.717) is 10.9 Å². The van der Waals surface area contributed by atoms with Crippen molar-refractivity contribution in [3.05, 3.63) is 47.1 Å². The van der Waals surface area contributed by atoms with Gasteiger partial charge in [0.2, 0.25) is 0 Å². The Labute approximate surface area is 159 Å². The van der Waals surface area contributed by atoms with Gasteiger partial charge in [0.25, 0.3) is 11.8 Å². The first-order valence-corrected chi connectivity index (χ1v) is 10.2. The predicted octanol–water partition coefficient (Wildman–Crippen LogP) is 2.75. The summed E-state index contributed by atoms with van der Waals surface area (Å²) in [5.41, 5.74) is 5.75. The van der Waals surface area contributed by atoms with Crippen molar-refractivity contribution >= 4 is 34.9 Å². The van der Waals surface area contributed by atoms with Gasteiger partial charge in [-0.1, -0.05) is 12.1 Å². The Morgan fingerprint density at radius 2 is 1.96 bits per heavy atom. The largest absolute Gasteiger partial charge is 0.294 e. The monoisotopic (exact) mass is 393 g/mol. The lowest BCUT2D eigenvalue weighted by atomic mass is 10.2. The van der Waals surface area contributed by atoms with E-state index >= 15 is 0 Å². The van der Waals surface area contributed by atoms with Gasteiger partial charge in [0.05, 0.1) is 11.4 Å². The number of carbonyl (C=O) groups is 2. The third-order valence-electron chi connectivity index (χ3n) is 4.20. The highest BCUT2D eigenvalue weighted by Gasteiger charge is 2.21. The van der Waals surface area contributed by atoms with Crippen LogP contribution >= 0.6 is 23.1 Å². The van der Waals surface area contributed by atoms with E-state index in [0.717, 1.165) is 28.4 Å². The lowest BCUT2D eigenvalue weighted by Crippen LogP contribution is -2.47. The second kappa shape index (κ2) is 8.66. The fourth-order valence-corrected chi connectivity index (χ4v) is 4.89. The summed E-state index contributed by atoms with van der Waals surface area (Å²) in [5.74, 6) is 1.26. The first-order chi connectivity index (χ1) is 12.5. The summed E-state index contributed by atoms with van der Waals surface area (Å²) in [6.45, 7) is 0.247. The zero-order valence-electron chi connectivity index (χ0n) is 14.3. The Bertz CT molecular complexity index is 773. The number of hydrazine groups is 1. The van der Waals surface area contributed by atoms with Crippen LogP contribution in [0.15, 0.2) is 36.4 Å². The number of thiophene rings is 1. The Hall–Kier alpha value is -1.90. The SMILES string of the molecule is CN(CC(=O)NNC(=O)c1ccc(-c2ccc(F)cc2)s1)[C@H]1CCSC1. The molecule has 3 rings (SSSR count). The molecule has 2 heterocycles. The van der Waals surface area contributed by atoms with E-state index in [2.05, 4.69) is 10.9 Å². The molecule has 5 nitrogen and oxygen atoms in total. The van der Waals surface area contributed by atoms with Crippen LogP contribution in [0.1, 0.15) is 16.1 Å². The molecule has 1 saturated heterocycles. The van der Waals surface area contributed by atoms with Crippen molar-refractivity contribution in [3.8, 4) is 10.4 Å². The fraction of sp³-hybridized carbons (Fsp3) is 0.333. The smallest absolute Gasteiger partial charge is 0.279 e. The Balaban J connectivity index is 1.50. The standard InChI is InChI=1S/C18H20FN3O2S2/c1-22(14-8-9-25-11-14)10-17(23)20-21-18(24)16-7-6-15(26-16)12-2-4-13(19)5-3-12/h2-7,14H,8-11H2,1H3,(H,20,23)(H,21,24)/t14-/m0/s1. The molecule has 0 aliphatic carbocycles. The van der Waals surface area contributed by atoms with Crippen LogP contribution in [0.5, 0.6) is 0 Å². The summed E-state index contributed by atoms with van der Waals surface area (Å²) >= 11 is 3.18. The van der Waals surface area contributed by atoms with Gasteiger partial charge in [0, 0.05) is 16.7 Å². The van der Waals surface area contributed by atoms with Crippen LogP contribution in [0.3, 0.4) is 0 Å². The minimum atomic E-state index is -0.365. The molecule has 2 aromatic rings. The lowest BCUT2D eigenvalue weighted by molar-refractivity contribution is -0.123. The molecule has 2 N–H and O–H groups in total. The highest BCUT2D eigenvalue weighted by molar-refractivity contribution is 7.99. The molecule has 2 amide bonds. The molecule has 0 unspecified atom stereocenters. The van der Waals surface area contributed by atoms with Crippen molar-refractivity contribution in [2.45, 2.75) is 12.5 Å². The van der Waals surface area contributed by atoms with Gasteiger partial charge in [-0.25, -0.2) is 4.39 Å². The van der Waals surface area contributed by atoms with Crippen molar-refractivity contribution in [2.24, 2.45) is 0 Å². The Morgan fingerprint density at radius 1 is 1.19 bits per heavy atom. The summed E-state index contributed by atoms with van der Waals surface area (Å²) in [5, 5.41) is 0. The van der Waals surface area contributed by atoms with Gasteiger partial charge in [0.1, 0.15) is 5.82 Å². The summed E-state index contributed by atoms with van der Waals surface area (Å²) < 4.78 is 13.0. The van der Waals surface area contributed by atoms with E-state index in [9.17, 15) is 14.0 Å². The number of amides is 2. The maximum atomic E-state index is 13.0. The molecular weight excluding hydrogens is 373 g/mol. The van der Waals surface area contributed by atoms with Gasteiger partial charge in [-0.2, -0.15) is 11.8 Å². The number of hydrogen-bond acceptors (Lipinski definition) is 5. The van der Waals surface area contributed by atoms with Crippen LogP contribution in [0.4, 0.5) is 4.39 Å². The minimum Gasteiger partial charge on any atom is -0.294 e. The molecule has 1 aliphatic rings. The molecule has 138 valence electrons. The number of rotatable bonds is 5. The van der Waals surface area contributed by atoms with Gasteiger partial charge < -0.3 is 0 Å². The number of thioether (sulfide) groups is 1. The van der Waals surface area contributed by atoms with Crippen molar-refractivity contribution < 1.29 is 14.0 Å². The van der Waals surface area contributed by atoms with E-state index in [1.807, 2.05) is 23.7 Å². The minimum absolute atomic E-state index is 0.243. The van der Waals surface area contributed by atoms with Crippen LogP contribution in [-0.2, 0) is 4.79 Å². The second-order valence-corrected chi connectivity index (χ2v) is 8.34. The van der Waals surface area contributed by atoms with Gasteiger partial charge >= 0.3 is 0 Å². The molecule has 26 heavy (non-hydrogen) atoms. The van der Waals surface area contributed by atoms with Crippen molar-refractivity contribution in [3.63, 3.8) is 0 Å². The van der Waals surface area contributed by atoms with E-state index < -0.39 is 0 Å². The number of hydrogen-bond donors (Lipinski definition) is 2. The van der Waals surface area contributed by atoms with Crippen molar-refractivity contribution in [1.29, 1.82) is 0 Å². The molecule has 0 spiro atoms. The molecule has 0 saturated carbocycles. The summed E-state index contributed by atoms with van der Waals surface area (Å²) in [7, 11) is 1.92. The number of benzene rings is 1. The van der Waals surface area contributed by atoms with Gasteiger partial charge in [-0.15, -0.1) is 11.3 Å². The molecule has 1 fully saturated rings. The zero-order chi connectivity index (χ0) is 18.5. The van der Waals surface area contributed by atoms with Crippen molar-refractivity contribution in [1.82, 2.24) is 15.8 Å². The molecule has 0 bridgehead atoms. The van der Waals surface area contributed by atoms with Gasteiger partial charge in [-0.3, -0.25) is 25.3 Å². The van der Waals surface area contributed by atoms with E-state index in [1.165, 1.54) is 23.5 Å². The van der Waals surface area contributed by atoms with Crippen LogP contribution < -0.4 is 10.9 Å². The summed E-state index contributed by atoms with van der Waals surface area (Å²) in [4.78, 5) is 27.5. The molecular formula is C18H20FN3O2S2. The number of nitrogens with one attached hydrogen (secondary N) is 2. The normalized spacial score (nSPS) is 16.7. The maximum Gasteiger partial charge on any atom is 0.279 e. The highest BCUT2D eigenvalue weighted by Crippen LogP contribution is 2.28.